The van der Waals surface area contributed by atoms with Crippen LogP contribution in [0.25, 0.3) is 89.1 Å². The summed E-state index contributed by atoms with van der Waals surface area (Å²) in [4.78, 5) is 10.2. The maximum Gasteiger partial charge on any atom is 0.220 e. The van der Waals surface area contributed by atoms with Crippen LogP contribution in [-0.4, -0.2) is 18.9 Å². The minimum Gasteiger partial charge on any atom is -0.456 e. The highest BCUT2D eigenvalue weighted by molar-refractivity contribution is 6.07. The highest BCUT2D eigenvalue weighted by Crippen LogP contribution is 2.37. The molecule has 0 unspecified atom stereocenters. The first-order valence-electron chi connectivity index (χ1n) is 15.8. The third-order valence-electron chi connectivity index (χ3n) is 9.12. The van der Waals surface area contributed by atoms with E-state index >= 15 is 0 Å². The molecule has 220 valence electrons. The van der Waals surface area contributed by atoms with Crippen LogP contribution in [0.15, 0.2) is 162 Å². The molecule has 47 heavy (non-hydrogen) atoms. The van der Waals surface area contributed by atoms with Gasteiger partial charge in [-0.1, -0.05) is 84.9 Å². The maximum absolute atomic E-state index is 6.37. The lowest BCUT2D eigenvalue weighted by molar-refractivity contribution is 0.669. The second-order valence-corrected chi connectivity index (χ2v) is 11.9. The van der Waals surface area contributed by atoms with Gasteiger partial charge < -0.3 is 4.42 Å². The number of para-hydroxylation sites is 4. The van der Waals surface area contributed by atoms with Crippen molar-refractivity contribution in [3.8, 4) is 39.3 Å². The molecule has 4 aromatic heterocycles. The summed E-state index contributed by atoms with van der Waals surface area (Å²) in [5, 5.41) is 2.10. The van der Waals surface area contributed by atoms with Gasteiger partial charge in [-0.15, -0.1) is 0 Å². The highest BCUT2D eigenvalue weighted by Gasteiger charge is 2.18. The van der Waals surface area contributed by atoms with E-state index in [4.69, 9.17) is 14.4 Å². The largest absolute Gasteiger partial charge is 0.456 e. The van der Waals surface area contributed by atoms with E-state index in [-0.39, 0.29) is 0 Å². The Morgan fingerprint density at radius 2 is 1.04 bits per heavy atom. The minimum atomic E-state index is 0.845. The maximum atomic E-state index is 6.37. The predicted octanol–water partition coefficient (Wildman–Crippen LogP) is 10.7. The lowest BCUT2D eigenvalue weighted by atomic mass is 9.99. The normalized spacial score (nSPS) is 11.8. The molecule has 0 atom stereocenters. The molecule has 0 aliphatic carbocycles. The molecule has 0 bridgehead atoms. The van der Waals surface area contributed by atoms with Crippen LogP contribution >= 0.6 is 0 Å². The molecule has 6 aromatic carbocycles. The topological polar surface area (TPSA) is 48.3 Å². The van der Waals surface area contributed by atoms with Gasteiger partial charge in [-0.05, 0) is 83.9 Å². The number of rotatable bonds is 4. The number of benzene rings is 6. The molecular formula is C42H26N4O. The Morgan fingerprint density at radius 1 is 0.426 bits per heavy atom. The molecule has 0 amide bonds. The summed E-state index contributed by atoms with van der Waals surface area (Å²) in [7, 11) is 0. The van der Waals surface area contributed by atoms with Crippen LogP contribution in [-0.2, 0) is 0 Å². The Balaban J connectivity index is 1.18. The first-order chi connectivity index (χ1) is 23.3. The van der Waals surface area contributed by atoms with Crippen molar-refractivity contribution in [3.05, 3.63) is 158 Å². The summed E-state index contributed by atoms with van der Waals surface area (Å²) in [6, 6.07) is 54.8. The van der Waals surface area contributed by atoms with E-state index in [2.05, 4.69) is 148 Å². The molecule has 0 saturated carbocycles. The Morgan fingerprint density at radius 3 is 1.83 bits per heavy atom. The fraction of sp³-hybridized carbons (Fsp3) is 0. The average Bonchev–Trinajstić information content (AvgIpc) is 3.80. The molecule has 10 rings (SSSR count). The van der Waals surface area contributed by atoms with Crippen LogP contribution in [0, 0.1) is 0 Å². The quantitative estimate of drug-likeness (QED) is 0.201. The molecule has 0 fully saturated rings. The molecular weight excluding hydrogens is 576 g/mol. The summed E-state index contributed by atoms with van der Waals surface area (Å²) in [5.74, 6) is 0.885. The summed E-state index contributed by atoms with van der Waals surface area (Å²) < 4.78 is 10.9. The van der Waals surface area contributed by atoms with Crippen molar-refractivity contribution >= 4 is 49.8 Å². The number of fused-ring (bicyclic) bond motifs is 8. The molecule has 0 N–H and O–H groups in total. The van der Waals surface area contributed by atoms with Crippen molar-refractivity contribution < 1.29 is 4.42 Å². The zero-order chi connectivity index (χ0) is 30.9. The summed E-state index contributed by atoms with van der Waals surface area (Å²) in [5.41, 5.74) is 13.3. The van der Waals surface area contributed by atoms with Gasteiger partial charge in [-0.3, -0.25) is 8.97 Å². The van der Waals surface area contributed by atoms with Crippen LogP contribution in [0.3, 0.4) is 0 Å². The van der Waals surface area contributed by atoms with Gasteiger partial charge in [0.15, 0.2) is 0 Å². The zero-order valence-electron chi connectivity index (χ0n) is 25.2. The lowest BCUT2D eigenvalue weighted by Gasteiger charge is -2.10. The van der Waals surface area contributed by atoms with Gasteiger partial charge in [-0.25, -0.2) is 9.97 Å². The van der Waals surface area contributed by atoms with Crippen LogP contribution in [0.4, 0.5) is 0 Å². The Labute approximate surface area is 269 Å². The molecule has 0 spiro atoms. The van der Waals surface area contributed by atoms with E-state index in [1.807, 2.05) is 18.2 Å². The zero-order valence-corrected chi connectivity index (χ0v) is 25.2. The van der Waals surface area contributed by atoms with Gasteiger partial charge in [-0.2, -0.15) is 0 Å². The van der Waals surface area contributed by atoms with Crippen molar-refractivity contribution in [3.63, 3.8) is 0 Å². The van der Waals surface area contributed by atoms with E-state index in [0.29, 0.717) is 0 Å². The summed E-state index contributed by atoms with van der Waals surface area (Å²) >= 11 is 0. The summed E-state index contributed by atoms with van der Waals surface area (Å²) in [6.45, 7) is 0. The number of imidazole rings is 2. The van der Waals surface area contributed by atoms with E-state index in [0.717, 1.165) is 89.1 Å². The van der Waals surface area contributed by atoms with E-state index < -0.39 is 0 Å². The van der Waals surface area contributed by atoms with Gasteiger partial charge in [0.05, 0.1) is 39.1 Å². The first kappa shape index (κ1) is 25.8. The second kappa shape index (κ2) is 10.0. The van der Waals surface area contributed by atoms with Gasteiger partial charge >= 0.3 is 0 Å². The third-order valence-corrected chi connectivity index (χ3v) is 9.12. The average molecular weight is 603 g/mol. The first-order valence-corrected chi connectivity index (χ1v) is 15.8. The molecule has 5 nitrogen and oxygen atoms in total. The Hall–Kier alpha value is -6.46. The number of hydrogen-bond acceptors (Lipinski definition) is 3. The monoisotopic (exact) mass is 602 g/mol. The number of furan rings is 1. The number of nitrogens with zero attached hydrogens (tertiary/aromatic N) is 4. The van der Waals surface area contributed by atoms with Crippen LogP contribution in [0.1, 0.15) is 0 Å². The fourth-order valence-electron chi connectivity index (χ4n) is 6.90. The van der Waals surface area contributed by atoms with Gasteiger partial charge in [0, 0.05) is 21.9 Å². The van der Waals surface area contributed by atoms with Gasteiger partial charge in [0.25, 0.3) is 0 Å². The second-order valence-electron chi connectivity index (χ2n) is 11.9. The molecule has 0 saturated heterocycles. The number of pyridine rings is 1. The SMILES string of the molecule is c1ccc(-c2cc(-c3ccccc3)nc(-c3ccc4oc5ccc(-n6c7ccccc7n7c8ccccc8nc67)cc5c4c3)c2)cc1. The van der Waals surface area contributed by atoms with E-state index in [9.17, 15) is 0 Å². The Kier molecular flexibility index (Phi) is 5.51. The van der Waals surface area contributed by atoms with Crippen molar-refractivity contribution in [2.24, 2.45) is 0 Å². The van der Waals surface area contributed by atoms with Gasteiger partial charge in [0.2, 0.25) is 5.78 Å². The van der Waals surface area contributed by atoms with Crippen molar-refractivity contribution in [1.82, 2.24) is 18.9 Å². The highest BCUT2D eigenvalue weighted by atomic mass is 16.3. The predicted molar refractivity (Wildman–Crippen MR) is 191 cm³/mol. The summed E-state index contributed by atoms with van der Waals surface area (Å²) in [6.07, 6.45) is 0. The molecule has 5 heteroatoms. The molecule has 10 aromatic rings. The van der Waals surface area contributed by atoms with Crippen molar-refractivity contribution in [2.45, 2.75) is 0 Å². The molecule has 0 aliphatic heterocycles. The smallest absolute Gasteiger partial charge is 0.220 e. The third kappa shape index (κ3) is 4.03. The Bertz CT molecular complexity index is 2730. The van der Waals surface area contributed by atoms with E-state index in [1.165, 1.54) is 0 Å². The van der Waals surface area contributed by atoms with Gasteiger partial charge in [0.1, 0.15) is 11.2 Å². The minimum absolute atomic E-state index is 0.845. The van der Waals surface area contributed by atoms with Crippen LogP contribution in [0.5, 0.6) is 0 Å². The van der Waals surface area contributed by atoms with Crippen molar-refractivity contribution in [2.75, 3.05) is 0 Å². The number of aromatic nitrogens is 4. The molecule has 0 aliphatic rings. The van der Waals surface area contributed by atoms with E-state index in [1.54, 1.807) is 0 Å². The molecule has 4 heterocycles. The van der Waals surface area contributed by atoms with Crippen molar-refractivity contribution in [1.29, 1.82) is 0 Å². The standard InChI is InChI=1S/C42H26N4O/c1-3-11-27(12-4-1)30-24-35(28-13-5-2-6-14-28)43-36(25-30)29-19-21-40-32(23-29)33-26-31(20-22-41(33)47-40)45-38-17-9-10-18-39(38)46-37-16-8-7-15-34(37)44-42(45)46/h1-26H. The van der Waals surface area contributed by atoms with Crippen LogP contribution < -0.4 is 0 Å². The fourth-order valence-corrected chi connectivity index (χ4v) is 6.90. The lowest BCUT2D eigenvalue weighted by Crippen LogP contribution is -1.94. The van der Waals surface area contributed by atoms with Crippen LogP contribution in [0.2, 0.25) is 0 Å². The number of hydrogen-bond donors (Lipinski definition) is 0. The molecule has 0 radical (unpaired) electrons.